The molecule has 0 aromatic carbocycles. The fourth-order valence-corrected chi connectivity index (χ4v) is 1.13. The second-order valence-electron chi connectivity index (χ2n) is 3.02. The van der Waals surface area contributed by atoms with Crippen molar-refractivity contribution in [2.45, 2.75) is 13.3 Å². The Morgan fingerprint density at radius 2 is 2.23 bits per heavy atom. The van der Waals surface area contributed by atoms with E-state index in [2.05, 4.69) is 22.7 Å². The molecule has 0 unspecified atom stereocenters. The molecule has 2 N–H and O–H groups in total. The number of hydrogen-bond acceptors (Lipinski definition) is 3. The van der Waals surface area contributed by atoms with Crippen molar-refractivity contribution < 1.29 is 0 Å². The van der Waals surface area contributed by atoms with Crippen molar-refractivity contribution in [3.63, 3.8) is 0 Å². The van der Waals surface area contributed by atoms with Gasteiger partial charge in [-0.3, -0.25) is 4.68 Å². The quantitative estimate of drug-likeness (QED) is 0.640. The number of anilines is 1. The molecular weight excluding hydrogens is 164 g/mol. The Hall–Kier alpha value is -1.03. The zero-order valence-electron chi connectivity index (χ0n) is 8.38. The molecule has 1 aromatic heterocycles. The number of nitrogens with one attached hydrogen (secondary N) is 2. The molecule has 1 heterocycles. The topological polar surface area (TPSA) is 41.9 Å². The molecule has 0 spiro atoms. The lowest BCUT2D eigenvalue weighted by Crippen LogP contribution is -2.23. The molecule has 74 valence electrons. The first-order chi connectivity index (χ1) is 6.34. The largest absolute Gasteiger partial charge is 0.369 e. The van der Waals surface area contributed by atoms with Gasteiger partial charge in [0.25, 0.3) is 0 Å². The average Bonchev–Trinajstić information content (AvgIpc) is 2.52. The highest BCUT2D eigenvalue weighted by molar-refractivity contribution is 5.33. The molecule has 0 bridgehead atoms. The van der Waals surface area contributed by atoms with Crippen LogP contribution in [0, 0.1) is 0 Å². The lowest BCUT2D eigenvalue weighted by Gasteiger charge is -2.06. The molecule has 0 fully saturated rings. The first-order valence-electron chi connectivity index (χ1n) is 4.77. The summed E-state index contributed by atoms with van der Waals surface area (Å²) < 4.78 is 1.83. The Labute approximate surface area is 79.3 Å². The molecule has 4 nitrogen and oxygen atoms in total. The molecule has 0 atom stereocenters. The maximum atomic E-state index is 4.07. The summed E-state index contributed by atoms with van der Waals surface area (Å²) in [7, 11) is 1.93. The van der Waals surface area contributed by atoms with Crippen LogP contribution in [0.25, 0.3) is 0 Å². The maximum Gasteiger partial charge on any atom is 0.123 e. The van der Waals surface area contributed by atoms with Gasteiger partial charge in [-0.05, 0) is 13.0 Å². The van der Waals surface area contributed by atoms with Crippen LogP contribution in [0.3, 0.4) is 0 Å². The van der Waals surface area contributed by atoms with Gasteiger partial charge >= 0.3 is 0 Å². The third kappa shape index (κ3) is 3.46. The highest BCUT2D eigenvalue weighted by Gasteiger charge is 1.94. The highest BCUT2D eigenvalue weighted by Crippen LogP contribution is 2.01. The second-order valence-corrected chi connectivity index (χ2v) is 3.02. The van der Waals surface area contributed by atoms with E-state index in [9.17, 15) is 0 Å². The average molecular weight is 182 g/mol. The molecule has 0 aliphatic carbocycles. The fourth-order valence-electron chi connectivity index (χ4n) is 1.13. The van der Waals surface area contributed by atoms with Gasteiger partial charge in [0, 0.05) is 26.2 Å². The van der Waals surface area contributed by atoms with Crippen molar-refractivity contribution in [3.05, 3.63) is 12.3 Å². The molecule has 4 heteroatoms. The zero-order chi connectivity index (χ0) is 9.52. The molecule has 0 amide bonds. The van der Waals surface area contributed by atoms with E-state index in [-0.39, 0.29) is 0 Å². The van der Waals surface area contributed by atoms with E-state index in [1.54, 1.807) is 6.20 Å². The van der Waals surface area contributed by atoms with Gasteiger partial charge < -0.3 is 10.6 Å². The number of rotatable bonds is 6. The molecule has 0 saturated heterocycles. The minimum absolute atomic E-state index is 0.944. The van der Waals surface area contributed by atoms with Gasteiger partial charge in [-0.15, -0.1) is 0 Å². The van der Waals surface area contributed by atoms with Crippen molar-refractivity contribution in [1.82, 2.24) is 15.1 Å². The van der Waals surface area contributed by atoms with Gasteiger partial charge in [0.1, 0.15) is 5.82 Å². The SMILES string of the molecule is CCCNCCNc1ccnn1C. The molecule has 0 radical (unpaired) electrons. The van der Waals surface area contributed by atoms with Crippen LogP contribution in [0.15, 0.2) is 12.3 Å². The lowest BCUT2D eigenvalue weighted by molar-refractivity contribution is 0.682. The summed E-state index contributed by atoms with van der Waals surface area (Å²) in [5, 5.41) is 10.7. The first-order valence-corrected chi connectivity index (χ1v) is 4.77. The minimum atomic E-state index is 0.944. The summed E-state index contributed by atoms with van der Waals surface area (Å²) in [5.74, 6) is 1.07. The van der Waals surface area contributed by atoms with Crippen molar-refractivity contribution in [2.24, 2.45) is 7.05 Å². The summed E-state index contributed by atoms with van der Waals surface area (Å²) in [6, 6.07) is 1.97. The van der Waals surface area contributed by atoms with Crippen LogP contribution < -0.4 is 10.6 Å². The predicted octanol–water partition coefficient (Wildman–Crippen LogP) is 0.832. The Kier molecular flexibility index (Phi) is 4.32. The van der Waals surface area contributed by atoms with E-state index in [1.165, 1.54) is 6.42 Å². The summed E-state index contributed by atoms with van der Waals surface area (Å²) in [6.07, 6.45) is 2.98. The van der Waals surface area contributed by atoms with Crippen LogP contribution >= 0.6 is 0 Å². The molecule has 1 rings (SSSR count). The molecule has 0 saturated carbocycles. The van der Waals surface area contributed by atoms with Gasteiger partial charge in [0.05, 0.1) is 6.20 Å². The highest BCUT2D eigenvalue weighted by atomic mass is 15.3. The van der Waals surface area contributed by atoms with Gasteiger partial charge in [-0.1, -0.05) is 6.92 Å². The molecule has 1 aromatic rings. The van der Waals surface area contributed by atoms with Crippen LogP contribution in [-0.2, 0) is 7.05 Å². The van der Waals surface area contributed by atoms with Gasteiger partial charge in [-0.25, -0.2) is 0 Å². The number of hydrogen-bond donors (Lipinski definition) is 2. The molecular formula is C9H18N4. The van der Waals surface area contributed by atoms with E-state index >= 15 is 0 Å². The number of aryl methyl sites for hydroxylation is 1. The van der Waals surface area contributed by atoms with E-state index in [4.69, 9.17) is 0 Å². The summed E-state index contributed by atoms with van der Waals surface area (Å²) >= 11 is 0. The Morgan fingerprint density at radius 3 is 2.85 bits per heavy atom. The normalized spacial score (nSPS) is 10.3. The summed E-state index contributed by atoms with van der Waals surface area (Å²) in [4.78, 5) is 0. The lowest BCUT2D eigenvalue weighted by atomic mass is 10.4. The van der Waals surface area contributed by atoms with Crippen LogP contribution in [-0.4, -0.2) is 29.4 Å². The monoisotopic (exact) mass is 182 g/mol. The van der Waals surface area contributed by atoms with Crippen molar-refractivity contribution >= 4 is 5.82 Å². The third-order valence-electron chi connectivity index (χ3n) is 1.86. The third-order valence-corrected chi connectivity index (χ3v) is 1.86. The maximum absolute atomic E-state index is 4.07. The van der Waals surface area contributed by atoms with Crippen LogP contribution in [0.2, 0.25) is 0 Å². The summed E-state index contributed by atoms with van der Waals surface area (Å²) in [5.41, 5.74) is 0. The fraction of sp³-hybridized carbons (Fsp3) is 0.667. The van der Waals surface area contributed by atoms with E-state index in [0.717, 1.165) is 25.5 Å². The van der Waals surface area contributed by atoms with Crippen LogP contribution in [0.4, 0.5) is 5.82 Å². The standard InChI is InChI=1S/C9H18N4/c1-3-5-10-7-8-11-9-4-6-12-13(9)2/h4,6,10-11H,3,5,7-8H2,1-2H3. The minimum Gasteiger partial charge on any atom is -0.369 e. The van der Waals surface area contributed by atoms with E-state index in [1.807, 2.05) is 17.8 Å². The Balaban J connectivity index is 2.10. The van der Waals surface area contributed by atoms with Gasteiger partial charge in [0.2, 0.25) is 0 Å². The Bertz CT molecular complexity index is 231. The number of aromatic nitrogens is 2. The summed E-state index contributed by atoms with van der Waals surface area (Å²) in [6.45, 7) is 5.20. The Morgan fingerprint density at radius 1 is 1.38 bits per heavy atom. The van der Waals surface area contributed by atoms with Gasteiger partial charge in [-0.2, -0.15) is 5.10 Å². The second kappa shape index (κ2) is 5.59. The van der Waals surface area contributed by atoms with Crippen molar-refractivity contribution in [3.8, 4) is 0 Å². The predicted molar refractivity (Wildman–Crippen MR) is 54.9 cm³/mol. The first kappa shape index (κ1) is 10.1. The number of nitrogens with zero attached hydrogens (tertiary/aromatic N) is 2. The van der Waals surface area contributed by atoms with E-state index < -0.39 is 0 Å². The molecule has 0 aliphatic heterocycles. The zero-order valence-corrected chi connectivity index (χ0v) is 8.38. The molecule has 13 heavy (non-hydrogen) atoms. The van der Waals surface area contributed by atoms with E-state index in [0.29, 0.717) is 0 Å². The van der Waals surface area contributed by atoms with Crippen LogP contribution in [0.1, 0.15) is 13.3 Å². The smallest absolute Gasteiger partial charge is 0.123 e. The van der Waals surface area contributed by atoms with Crippen molar-refractivity contribution in [1.29, 1.82) is 0 Å². The van der Waals surface area contributed by atoms with Crippen molar-refractivity contribution in [2.75, 3.05) is 25.0 Å². The van der Waals surface area contributed by atoms with Gasteiger partial charge in [0.15, 0.2) is 0 Å². The van der Waals surface area contributed by atoms with Crippen LogP contribution in [0.5, 0.6) is 0 Å². The molecule has 0 aliphatic rings.